The maximum atomic E-state index is 13.9. The van der Waals surface area contributed by atoms with E-state index in [0.717, 1.165) is 28.2 Å². The average Bonchev–Trinajstić information content (AvgIpc) is 2.89. The molecule has 2 heterocycles. The van der Waals surface area contributed by atoms with E-state index in [1.165, 1.54) is 0 Å². The van der Waals surface area contributed by atoms with Gasteiger partial charge in [0.15, 0.2) is 0 Å². The van der Waals surface area contributed by atoms with Crippen molar-refractivity contribution in [1.82, 2.24) is 4.98 Å². The summed E-state index contributed by atoms with van der Waals surface area (Å²) in [5, 5.41) is 0. The van der Waals surface area contributed by atoms with Gasteiger partial charge in [-0.25, -0.2) is 0 Å². The summed E-state index contributed by atoms with van der Waals surface area (Å²) in [5.41, 5.74) is 4.98. The van der Waals surface area contributed by atoms with Crippen molar-refractivity contribution in [1.29, 1.82) is 0 Å². The van der Waals surface area contributed by atoms with Gasteiger partial charge in [-0.15, -0.1) is 0 Å². The first-order valence-electron chi connectivity index (χ1n) is 11.8. The normalized spacial score (nSPS) is 16.9. The highest BCUT2D eigenvalue weighted by Crippen LogP contribution is 2.42. The summed E-state index contributed by atoms with van der Waals surface area (Å²) in [5.74, 6) is -0.0957. The van der Waals surface area contributed by atoms with Crippen molar-refractivity contribution in [3.8, 4) is 11.3 Å². The lowest BCUT2D eigenvalue weighted by molar-refractivity contribution is -0.117. The molecule has 1 aliphatic heterocycles. The molecule has 2 amide bonds. The standard InChI is InChI=1S/C30H27N3O2/c1-21-19-29(33(22(2)34)25-13-7-4-8-14-25)26-15-9-10-16-28(26)32(21)30(35)24-17-18-31-27(20-24)23-11-5-3-6-12-23/h3-18,20-21,29H,19H2,1-2H3. The molecule has 0 spiro atoms. The number of rotatable bonds is 4. The molecule has 4 aromatic rings. The molecule has 0 radical (unpaired) electrons. The van der Waals surface area contributed by atoms with Crippen LogP contribution in [-0.4, -0.2) is 22.8 Å². The fourth-order valence-corrected chi connectivity index (χ4v) is 4.97. The second-order valence-electron chi connectivity index (χ2n) is 8.85. The molecule has 3 aromatic carbocycles. The average molecular weight is 462 g/mol. The maximum absolute atomic E-state index is 13.9. The summed E-state index contributed by atoms with van der Waals surface area (Å²) in [6, 6.07) is 30.8. The monoisotopic (exact) mass is 461 g/mol. The number of benzene rings is 3. The molecule has 2 atom stereocenters. The predicted octanol–water partition coefficient (Wildman–Crippen LogP) is 6.28. The number of nitrogens with zero attached hydrogens (tertiary/aromatic N) is 3. The van der Waals surface area contributed by atoms with Crippen molar-refractivity contribution in [3.63, 3.8) is 0 Å². The van der Waals surface area contributed by atoms with Crippen LogP contribution in [0.25, 0.3) is 11.3 Å². The van der Waals surface area contributed by atoms with Crippen LogP contribution in [-0.2, 0) is 4.79 Å². The Hall–Kier alpha value is -4.25. The molecule has 5 rings (SSSR count). The first-order chi connectivity index (χ1) is 17.0. The number of hydrogen-bond acceptors (Lipinski definition) is 3. The highest BCUT2D eigenvalue weighted by Gasteiger charge is 2.38. The van der Waals surface area contributed by atoms with E-state index >= 15 is 0 Å². The molecule has 0 bridgehead atoms. The van der Waals surface area contributed by atoms with Crippen LogP contribution in [0.15, 0.2) is 103 Å². The van der Waals surface area contributed by atoms with E-state index in [1.54, 1.807) is 19.2 Å². The van der Waals surface area contributed by atoms with E-state index in [0.29, 0.717) is 12.0 Å². The van der Waals surface area contributed by atoms with Crippen LogP contribution in [0.5, 0.6) is 0 Å². The molecule has 0 aliphatic carbocycles. The largest absolute Gasteiger partial charge is 0.305 e. The Kier molecular flexibility index (Phi) is 6.15. The summed E-state index contributed by atoms with van der Waals surface area (Å²) >= 11 is 0. The van der Waals surface area contributed by atoms with Gasteiger partial charge in [-0.2, -0.15) is 0 Å². The van der Waals surface area contributed by atoms with Gasteiger partial charge in [-0.1, -0.05) is 66.7 Å². The van der Waals surface area contributed by atoms with Gasteiger partial charge in [-0.3, -0.25) is 14.6 Å². The number of amides is 2. The predicted molar refractivity (Wildman–Crippen MR) is 139 cm³/mol. The van der Waals surface area contributed by atoms with Crippen molar-refractivity contribution < 1.29 is 9.59 Å². The number of carbonyl (C=O) groups excluding carboxylic acids is 2. The number of pyridine rings is 1. The number of para-hydroxylation sites is 2. The van der Waals surface area contributed by atoms with Gasteiger partial charge in [0.25, 0.3) is 5.91 Å². The quantitative estimate of drug-likeness (QED) is 0.359. The molecule has 35 heavy (non-hydrogen) atoms. The van der Waals surface area contributed by atoms with Gasteiger partial charge < -0.3 is 9.80 Å². The van der Waals surface area contributed by atoms with E-state index in [2.05, 4.69) is 4.98 Å². The molecule has 0 saturated heterocycles. The number of anilines is 2. The van der Waals surface area contributed by atoms with Crippen molar-refractivity contribution in [2.75, 3.05) is 9.80 Å². The van der Waals surface area contributed by atoms with Gasteiger partial charge in [-0.05, 0) is 49.2 Å². The molecular formula is C30H27N3O2. The van der Waals surface area contributed by atoms with Crippen LogP contribution in [0.4, 0.5) is 11.4 Å². The van der Waals surface area contributed by atoms with E-state index in [4.69, 9.17) is 0 Å². The molecule has 0 saturated carbocycles. The number of carbonyl (C=O) groups is 2. The topological polar surface area (TPSA) is 53.5 Å². The van der Waals surface area contributed by atoms with Crippen molar-refractivity contribution >= 4 is 23.2 Å². The van der Waals surface area contributed by atoms with E-state index in [9.17, 15) is 9.59 Å². The summed E-state index contributed by atoms with van der Waals surface area (Å²) in [6.45, 7) is 3.64. The molecule has 2 unspecified atom stereocenters. The number of fused-ring (bicyclic) bond motifs is 1. The molecule has 5 heteroatoms. The van der Waals surface area contributed by atoms with Crippen LogP contribution < -0.4 is 9.80 Å². The third kappa shape index (κ3) is 4.33. The molecular weight excluding hydrogens is 434 g/mol. The Bertz CT molecular complexity index is 1350. The van der Waals surface area contributed by atoms with Crippen LogP contribution in [0, 0.1) is 0 Å². The van der Waals surface area contributed by atoms with Gasteiger partial charge in [0.2, 0.25) is 5.91 Å². The fourth-order valence-electron chi connectivity index (χ4n) is 4.97. The van der Waals surface area contributed by atoms with Gasteiger partial charge in [0.1, 0.15) is 0 Å². The zero-order valence-electron chi connectivity index (χ0n) is 19.8. The van der Waals surface area contributed by atoms with Gasteiger partial charge >= 0.3 is 0 Å². The first-order valence-corrected chi connectivity index (χ1v) is 11.8. The maximum Gasteiger partial charge on any atom is 0.258 e. The number of aromatic nitrogens is 1. The lowest BCUT2D eigenvalue weighted by atomic mass is 9.89. The molecule has 0 fully saturated rings. The minimum atomic E-state index is -0.164. The second-order valence-corrected chi connectivity index (χ2v) is 8.85. The highest BCUT2D eigenvalue weighted by atomic mass is 16.2. The van der Waals surface area contributed by atoms with E-state index in [-0.39, 0.29) is 23.9 Å². The third-order valence-corrected chi connectivity index (χ3v) is 6.54. The van der Waals surface area contributed by atoms with Crippen LogP contribution in [0.3, 0.4) is 0 Å². The van der Waals surface area contributed by atoms with Gasteiger partial charge in [0, 0.05) is 41.7 Å². The zero-order valence-corrected chi connectivity index (χ0v) is 19.8. The number of hydrogen-bond donors (Lipinski definition) is 0. The van der Waals surface area contributed by atoms with E-state index < -0.39 is 0 Å². The smallest absolute Gasteiger partial charge is 0.258 e. The Morgan fingerprint density at radius 2 is 1.54 bits per heavy atom. The third-order valence-electron chi connectivity index (χ3n) is 6.54. The summed E-state index contributed by atoms with van der Waals surface area (Å²) in [6.07, 6.45) is 2.32. The minimum Gasteiger partial charge on any atom is -0.305 e. The van der Waals surface area contributed by atoms with Crippen LogP contribution >= 0.6 is 0 Å². The second kappa shape index (κ2) is 9.55. The summed E-state index contributed by atoms with van der Waals surface area (Å²) < 4.78 is 0. The summed E-state index contributed by atoms with van der Waals surface area (Å²) in [7, 11) is 0. The Labute approximate surface area is 205 Å². The SMILES string of the molecule is CC(=O)N(c1ccccc1)C1CC(C)N(C(=O)c2ccnc(-c3ccccc3)c2)c2ccccc21. The van der Waals surface area contributed by atoms with Crippen LogP contribution in [0.1, 0.15) is 42.2 Å². The molecule has 0 N–H and O–H groups in total. The molecule has 174 valence electrons. The lowest BCUT2D eigenvalue weighted by Gasteiger charge is -2.43. The van der Waals surface area contributed by atoms with Crippen LogP contribution in [0.2, 0.25) is 0 Å². The zero-order chi connectivity index (χ0) is 24.4. The molecule has 5 nitrogen and oxygen atoms in total. The first kappa shape index (κ1) is 22.5. The lowest BCUT2D eigenvalue weighted by Crippen LogP contribution is -2.47. The van der Waals surface area contributed by atoms with Crippen molar-refractivity contribution in [2.24, 2.45) is 0 Å². The minimum absolute atomic E-state index is 0.0235. The van der Waals surface area contributed by atoms with Crippen molar-refractivity contribution in [2.45, 2.75) is 32.4 Å². The fraction of sp³-hybridized carbons (Fsp3) is 0.167. The molecule has 1 aromatic heterocycles. The molecule has 1 aliphatic rings. The van der Waals surface area contributed by atoms with Crippen molar-refractivity contribution in [3.05, 3.63) is 114 Å². The Morgan fingerprint density at radius 3 is 2.26 bits per heavy atom. The Balaban J connectivity index is 1.54. The summed E-state index contributed by atoms with van der Waals surface area (Å²) in [4.78, 5) is 34.8. The van der Waals surface area contributed by atoms with Gasteiger partial charge in [0.05, 0.1) is 11.7 Å². The highest BCUT2D eigenvalue weighted by molar-refractivity contribution is 6.08. The van der Waals surface area contributed by atoms with E-state index in [1.807, 2.05) is 108 Å². The Morgan fingerprint density at radius 1 is 0.886 bits per heavy atom.